The molecule has 0 spiro atoms. The number of benzene rings is 1. The summed E-state index contributed by atoms with van der Waals surface area (Å²) in [6.07, 6.45) is 7.93. The van der Waals surface area contributed by atoms with Crippen LogP contribution in [0.5, 0.6) is 0 Å². The van der Waals surface area contributed by atoms with E-state index in [2.05, 4.69) is 15.6 Å². The predicted molar refractivity (Wildman–Crippen MR) is 66.9 cm³/mol. The summed E-state index contributed by atoms with van der Waals surface area (Å²) in [6.45, 7) is 2.86. The minimum atomic E-state index is 0.773. The molecule has 3 nitrogen and oxygen atoms in total. The van der Waals surface area contributed by atoms with Crippen molar-refractivity contribution in [3.05, 3.63) is 48.8 Å². The zero-order valence-corrected chi connectivity index (χ0v) is 9.30. The Morgan fingerprint density at radius 3 is 2.75 bits per heavy atom. The number of nitrogen functional groups attached to an aromatic ring is 1. The lowest BCUT2D eigenvalue weighted by Gasteiger charge is -2.05. The summed E-state index contributed by atoms with van der Waals surface area (Å²) < 4.78 is 2.10. The van der Waals surface area contributed by atoms with Crippen molar-refractivity contribution in [1.82, 2.24) is 9.55 Å². The van der Waals surface area contributed by atoms with Gasteiger partial charge < -0.3 is 10.3 Å². The molecule has 0 radical (unpaired) electrons. The molecule has 82 valence electrons. The van der Waals surface area contributed by atoms with E-state index < -0.39 is 0 Å². The number of hydrogen-bond acceptors (Lipinski definition) is 2. The molecule has 1 heterocycles. The first-order valence-electron chi connectivity index (χ1n) is 5.29. The molecule has 16 heavy (non-hydrogen) atoms. The van der Waals surface area contributed by atoms with Crippen LogP contribution in [-0.2, 0) is 6.54 Å². The number of rotatable bonds is 3. The monoisotopic (exact) mass is 213 g/mol. The molecule has 0 unspecified atom stereocenters. The van der Waals surface area contributed by atoms with Gasteiger partial charge in [-0.15, -0.1) is 0 Å². The fourth-order valence-corrected chi connectivity index (χ4v) is 1.57. The van der Waals surface area contributed by atoms with Crippen molar-refractivity contribution in [3.63, 3.8) is 0 Å². The van der Waals surface area contributed by atoms with Crippen molar-refractivity contribution in [1.29, 1.82) is 0 Å². The smallest absolute Gasteiger partial charge is 0.140 e. The summed E-state index contributed by atoms with van der Waals surface area (Å²) in [6, 6.07) is 7.77. The van der Waals surface area contributed by atoms with Gasteiger partial charge in [0.25, 0.3) is 0 Å². The Bertz CT molecular complexity index is 480. The van der Waals surface area contributed by atoms with Gasteiger partial charge in [0.2, 0.25) is 0 Å². The lowest BCUT2D eigenvalue weighted by molar-refractivity contribution is 0.829. The fraction of sp³-hybridized carbons (Fsp3) is 0.154. The van der Waals surface area contributed by atoms with Gasteiger partial charge in [-0.2, -0.15) is 0 Å². The number of imidazole rings is 1. The third-order valence-electron chi connectivity index (χ3n) is 2.42. The van der Waals surface area contributed by atoms with E-state index in [-0.39, 0.29) is 0 Å². The molecular formula is C13H15N3. The van der Waals surface area contributed by atoms with E-state index in [0.29, 0.717) is 0 Å². The molecule has 0 aliphatic heterocycles. The molecule has 0 aliphatic rings. The highest BCUT2D eigenvalue weighted by molar-refractivity contribution is 5.59. The average Bonchev–Trinajstić information content (AvgIpc) is 2.75. The highest BCUT2D eigenvalue weighted by Crippen LogP contribution is 2.18. The zero-order chi connectivity index (χ0) is 11.4. The van der Waals surface area contributed by atoms with E-state index in [1.165, 1.54) is 0 Å². The largest absolute Gasteiger partial charge is 0.399 e. The number of aromatic nitrogens is 2. The fourth-order valence-electron chi connectivity index (χ4n) is 1.57. The molecule has 0 saturated heterocycles. The Balaban J connectivity index is 2.33. The van der Waals surface area contributed by atoms with Crippen LogP contribution in [0.15, 0.2) is 48.8 Å². The molecule has 0 amide bonds. The molecule has 0 fully saturated rings. The Labute approximate surface area is 95.2 Å². The first-order valence-corrected chi connectivity index (χ1v) is 5.29. The summed E-state index contributed by atoms with van der Waals surface area (Å²) >= 11 is 0. The Hall–Kier alpha value is -2.03. The zero-order valence-electron chi connectivity index (χ0n) is 9.30. The SMILES string of the molecule is C/C=C/Cn1ccnc1-c1ccc(N)cc1. The maximum absolute atomic E-state index is 5.66. The normalized spacial score (nSPS) is 11.1. The third kappa shape index (κ3) is 2.14. The Kier molecular flexibility index (Phi) is 3.05. The maximum Gasteiger partial charge on any atom is 0.140 e. The van der Waals surface area contributed by atoms with Gasteiger partial charge in [-0.25, -0.2) is 4.98 Å². The standard InChI is InChI=1S/C13H15N3/c1-2-3-9-16-10-8-15-13(16)11-4-6-12(14)7-5-11/h2-8,10H,9,14H2,1H3/b3-2+. The summed E-state index contributed by atoms with van der Waals surface area (Å²) in [5.41, 5.74) is 7.52. The van der Waals surface area contributed by atoms with Crippen LogP contribution in [0.1, 0.15) is 6.92 Å². The second kappa shape index (κ2) is 4.66. The summed E-state index contributed by atoms with van der Waals surface area (Å²) in [7, 11) is 0. The molecule has 0 bridgehead atoms. The molecule has 0 atom stereocenters. The van der Waals surface area contributed by atoms with Gasteiger partial charge >= 0.3 is 0 Å². The first-order chi connectivity index (χ1) is 7.81. The van der Waals surface area contributed by atoms with E-state index in [1.807, 2.05) is 49.7 Å². The second-order valence-corrected chi connectivity index (χ2v) is 3.59. The first kappa shape index (κ1) is 10.5. The highest BCUT2D eigenvalue weighted by Gasteiger charge is 2.03. The van der Waals surface area contributed by atoms with E-state index in [0.717, 1.165) is 23.6 Å². The Morgan fingerprint density at radius 2 is 2.06 bits per heavy atom. The van der Waals surface area contributed by atoms with E-state index in [9.17, 15) is 0 Å². The summed E-state index contributed by atoms with van der Waals surface area (Å²) in [5.74, 6) is 0.970. The van der Waals surface area contributed by atoms with E-state index in [4.69, 9.17) is 5.73 Å². The van der Waals surface area contributed by atoms with Gasteiger partial charge in [0.05, 0.1) is 0 Å². The number of nitrogens with two attached hydrogens (primary N) is 1. The molecule has 2 rings (SSSR count). The molecule has 3 heteroatoms. The minimum absolute atomic E-state index is 0.773. The van der Waals surface area contributed by atoms with Crippen molar-refractivity contribution < 1.29 is 0 Å². The van der Waals surface area contributed by atoms with Crippen molar-refractivity contribution in [2.75, 3.05) is 5.73 Å². The second-order valence-electron chi connectivity index (χ2n) is 3.59. The van der Waals surface area contributed by atoms with E-state index in [1.54, 1.807) is 0 Å². The van der Waals surface area contributed by atoms with Crippen LogP contribution in [0, 0.1) is 0 Å². The number of allylic oxidation sites excluding steroid dienone is 2. The van der Waals surface area contributed by atoms with Crippen molar-refractivity contribution in [2.24, 2.45) is 0 Å². The molecule has 0 aliphatic carbocycles. The van der Waals surface area contributed by atoms with Crippen LogP contribution in [-0.4, -0.2) is 9.55 Å². The van der Waals surface area contributed by atoms with Crippen LogP contribution in [0.2, 0.25) is 0 Å². The van der Waals surface area contributed by atoms with Crippen LogP contribution in [0.25, 0.3) is 11.4 Å². The van der Waals surface area contributed by atoms with Gasteiger partial charge in [0, 0.05) is 30.2 Å². The van der Waals surface area contributed by atoms with E-state index >= 15 is 0 Å². The average molecular weight is 213 g/mol. The molecule has 2 N–H and O–H groups in total. The lowest BCUT2D eigenvalue weighted by atomic mass is 10.2. The Morgan fingerprint density at radius 1 is 1.31 bits per heavy atom. The van der Waals surface area contributed by atoms with Gasteiger partial charge in [0.15, 0.2) is 0 Å². The van der Waals surface area contributed by atoms with Crippen molar-refractivity contribution >= 4 is 5.69 Å². The molecule has 0 saturated carbocycles. The van der Waals surface area contributed by atoms with Gasteiger partial charge in [-0.05, 0) is 31.2 Å². The minimum Gasteiger partial charge on any atom is -0.399 e. The summed E-state index contributed by atoms with van der Waals surface area (Å²) in [4.78, 5) is 4.36. The quantitative estimate of drug-likeness (QED) is 0.629. The number of nitrogens with zero attached hydrogens (tertiary/aromatic N) is 2. The topological polar surface area (TPSA) is 43.8 Å². The molecule has 1 aromatic heterocycles. The lowest BCUT2D eigenvalue weighted by Crippen LogP contribution is -1.97. The highest BCUT2D eigenvalue weighted by atomic mass is 15.1. The van der Waals surface area contributed by atoms with Crippen LogP contribution < -0.4 is 5.73 Å². The van der Waals surface area contributed by atoms with Gasteiger partial charge in [-0.3, -0.25) is 0 Å². The summed E-state index contributed by atoms with van der Waals surface area (Å²) in [5, 5.41) is 0. The van der Waals surface area contributed by atoms with Crippen LogP contribution in [0.4, 0.5) is 5.69 Å². The van der Waals surface area contributed by atoms with Crippen molar-refractivity contribution in [3.8, 4) is 11.4 Å². The molecular weight excluding hydrogens is 198 g/mol. The van der Waals surface area contributed by atoms with Gasteiger partial charge in [-0.1, -0.05) is 12.2 Å². The predicted octanol–water partition coefficient (Wildman–Crippen LogP) is 2.71. The maximum atomic E-state index is 5.66. The molecule has 1 aromatic carbocycles. The third-order valence-corrected chi connectivity index (χ3v) is 2.42. The number of hydrogen-bond donors (Lipinski definition) is 1. The van der Waals surface area contributed by atoms with Gasteiger partial charge in [0.1, 0.15) is 5.82 Å². The number of anilines is 1. The molecule has 2 aromatic rings. The van der Waals surface area contributed by atoms with Crippen LogP contribution >= 0.6 is 0 Å². The van der Waals surface area contributed by atoms with Crippen molar-refractivity contribution in [2.45, 2.75) is 13.5 Å². The van der Waals surface area contributed by atoms with Crippen LogP contribution in [0.3, 0.4) is 0 Å².